The van der Waals surface area contributed by atoms with E-state index in [4.69, 9.17) is 0 Å². The van der Waals surface area contributed by atoms with Gasteiger partial charge >= 0.3 is 0 Å². The van der Waals surface area contributed by atoms with Gasteiger partial charge in [0, 0.05) is 22.6 Å². The summed E-state index contributed by atoms with van der Waals surface area (Å²) in [6.07, 6.45) is 0. The van der Waals surface area contributed by atoms with E-state index in [1.807, 2.05) is 26.0 Å². The van der Waals surface area contributed by atoms with Crippen LogP contribution in [0.1, 0.15) is 16.7 Å². The molecule has 0 heterocycles. The van der Waals surface area contributed by atoms with Gasteiger partial charge in [0.25, 0.3) is 0 Å². The topological polar surface area (TPSA) is 12.0 Å². The molecule has 1 N–H and O–H groups in total. The van der Waals surface area contributed by atoms with Crippen LogP contribution in [0.3, 0.4) is 0 Å². The highest BCUT2D eigenvalue weighted by Gasteiger charge is 2.11. The normalized spacial score (nSPS) is 10.7. The zero-order chi connectivity index (χ0) is 14.9. The number of rotatable bonds is 3. The van der Waals surface area contributed by atoms with Crippen molar-refractivity contribution in [2.45, 2.75) is 20.4 Å². The minimum Gasteiger partial charge on any atom is -0.380 e. The third kappa shape index (κ3) is 3.15. The second kappa shape index (κ2) is 5.87. The number of halogens is 4. The fourth-order valence-corrected chi connectivity index (χ4v) is 2.84. The Kier molecular flexibility index (Phi) is 4.38. The average Bonchev–Trinajstić information content (AvgIpc) is 2.33. The first-order valence-corrected chi connectivity index (χ1v) is 6.82. The molecule has 0 bridgehead atoms. The maximum atomic E-state index is 13.5. The number of nitrogens with one attached hydrogen (secondary N) is 1. The lowest BCUT2D eigenvalue weighted by Crippen LogP contribution is -2.05. The van der Waals surface area contributed by atoms with Crippen molar-refractivity contribution < 1.29 is 13.2 Å². The van der Waals surface area contributed by atoms with Crippen LogP contribution in [0.5, 0.6) is 0 Å². The first kappa shape index (κ1) is 14.9. The number of hydrogen-bond donors (Lipinski definition) is 1. The summed E-state index contributed by atoms with van der Waals surface area (Å²) in [5.74, 6) is -3.00. The second-order valence-corrected chi connectivity index (χ2v) is 5.50. The van der Waals surface area contributed by atoms with Crippen LogP contribution in [0, 0.1) is 31.3 Å². The Morgan fingerprint density at radius 2 is 1.60 bits per heavy atom. The molecule has 0 aliphatic carbocycles. The van der Waals surface area contributed by atoms with Crippen LogP contribution >= 0.6 is 15.9 Å². The molecule has 0 radical (unpaired) electrons. The molecular weight excluding hydrogens is 331 g/mol. The molecule has 0 fully saturated rings. The van der Waals surface area contributed by atoms with E-state index in [2.05, 4.69) is 21.2 Å². The monoisotopic (exact) mass is 343 g/mol. The van der Waals surface area contributed by atoms with Crippen molar-refractivity contribution in [2.75, 3.05) is 5.32 Å². The van der Waals surface area contributed by atoms with Gasteiger partial charge in [-0.15, -0.1) is 0 Å². The Balaban J connectivity index is 2.23. The van der Waals surface area contributed by atoms with Crippen molar-refractivity contribution in [3.63, 3.8) is 0 Å². The Hall–Kier alpha value is -1.49. The largest absolute Gasteiger partial charge is 0.380 e. The van der Waals surface area contributed by atoms with Crippen molar-refractivity contribution >= 4 is 21.6 Å². The minimum absolute atomic E-state index is 0.0749. The lowest BCUT2D eigenvalue weighted by molar-refractivity contribution is 0.490. The van der Waals surface area contributed by atoms with Crippen molar-refractivity contribution in [2.24, 2.45) is 0 Å². The van der Waals surface area contributed by atoms with Crippen molar-refractivity contribution in [3.8, 4) is 0 Å². The molecule has 106 valence electrons. The van der Waals surface area contributed by atoms with Crippen LogP contribution in [-0.2, 0) is 6.54 Å². The number of hydrogen-bond acceptors (Lipinski definition) is 1. The van der Waals surface area contributed by atoms with Crippen LogP contribution in [0.2, 0.25) is 0 Å². The van der Waals surface area contributed by atoms with Gasteiger partial charge in [-0.05, 0) is 53.0 Å². The molecule has 0 atom stereocenters. The van der Waals surface area contributed by atoms with Gasteiger partial charge in [-0.2, -0.15) is 0 Å². The number of anilines is 1. The summed E-state index contributed by atoms with van der Waals surface area (Å²) < 4.78 is 40.4. The van der Waals surface area contributed by atoms with Crippen molar-refractivity contribution in [3.05, 3.63) is 62.9 Å². The number of aryl methyl sites for hydroxylation is 2. The molecule has 2 rings (SSSR count). The van der Waals surface area contributed by atoms with Crippen LogP contribution in [0.15, 0.2) is 28.7 Å². The van der Waals surface area contributed by atoms with E-state index in [0.717, 1.165) is 27.4 Å². The molecule has 2 aromatic rings. The summed E-state index contributed by atoms with van der Waals surface area (Å²) in [6.45, 7) is 3.96. The highest BCUT2D eigenvalue weighted by atomic mass is 79.9. The maximum Gasteiger partial charge on any atom is 0.161 e. The first-order chi connectivity index (χ1) is 9.38. The van der Waals surface area contributed by atoms with Gasteiger partial charge in [0.1, 0.15) is 5.82 Å². The summed E-state index contributed by atoms with van der Waals surface area (Å²) >= 11 is 3.43. The number of benzene rings is 2. The van der Waals surface area contributed by atoms with Gasteiger partial charge in [-0.3, -0.25) is 0 Å². The fraction of sp³-hybridized carbons (Fsp3) is 0.200. The molecule has 1 nitrogen and oxygen atoms in total. The van der Waals surface area contributed by atoms with E-state index < -0.39 is 17.5 Å². The Bertz CT molecular complexity index is 633. The van der Waals surface area contributed by atoms with Gasteiger partial charge in [0.2, 0.25) is 0 Å². The molecule has 20 heavy (non-hydrogen) atoms. The highest BCUT2D eigenvalue weighted by molar-refractivity contribution is 9.10. The third-order valence-corrected chi connectivity index (χ3v) is 3.60. The van der Waals surface area contributed by atoms with Crippen LogP contribution in [0.25, 0.3) is 0 Å². The zero-order valence-electron chi connectivity index (χ0n) is 11.0. The smallest absolute Gasteiger partial charge is 0.161 e. The second-order valence-electron chi connectivity index (χ2n) is 4.65. The van der Waals surface area contributed by atoms with Crippen molar-refractivity contribution in [1.29, 1.82) is 0 Å². The highest BCUT2D eigenvalue weighted by Crippen LogP contribution is 2.28. The van der Waals surface area contributed by atoms with Crippen molar-refractivity contribution in [1.82, 2.24) is 0 Å². The molecule has 0 amide bonds. The molecule has 0 aliphatic rings. The Morgan fingerprint density at radius 1 is 0.950 bits per heavy atom. The Labute approximate surface area is 123 Å². The minimum atomic E-state index is -1.18. The molecule has 0 aromatic heterocycles. The van der Waals surface area contributed by atoms with Gasteiger partial charge in [0.15, 0.2) is 11.6 Å². The zero-order valence-corrected chi connectivity index (χ0v) is 12.6. The third-order valence-electron chi connectivity index (χ3n) is 2.98. The summed E-state index contributed by atoms with van der Waals surface area (Å²) in [4.78, 5) is 0. The van der Waals surface area contributed by atoms with Gasteiger partial charge < -0.3 is 5.32 Å². The summed E-state index contributed by atoms with van der Waals surface area (Å²) in [5, 5.41) is 3.04. The lowest BCUT2D eigenvalue weighted by Gasteiger charge is -2.13. The first-order valence-electron chi connectivity index (χ1n) is 6.02. The molecular formula is C15H13BrF3N. The predicted octanol–water partition coefficient (Wildman–Crippen LogP) is 5.10. The fourth-order valence-electron chi connectivity index (χ4n) is 2.02. The molecule has 0 saturated heterocycles. The van der Waals surface area contributed by atoms with Gasteiger partial charge in [-0.25, -0.2) is 13.2 Å². The summed E-state index contributed by atoms with van der Waals surface area (Å²) in [5.41, 5.74) is 2.97. The van der Waals surface area contributed by atoms with E-state index in [9.17, 15) is 13.2 Å². The standard InChI is InChI=1S/C15H13BrF3N/c1-8-3-9(2)15(11(16)4-8)20-7-10-5-13(18)14(19)6-12(10)17/h3-6,20H,7H2,1-2H3. The van der Waals surface area contributed by atoms with E-state index >= 15 is 0 Å². The summed E-state index contributed by atoms with van der Waals surface area (Å²) in [7, 11) is 0. The van der Waals surface area contributed by atoms with E-state index in [-0.39, 0.29) is 12.1 Å². The van der Waals surface area contributed by atoms with E-state index in [0.29, 0.717) is 6.07 Å². The quantitative estimate of drug-likeness (QED) is 0.765. The SMILES string of the molecule is Cc1cc(C)c(NCc2cc(F)c(F)cc2F)c(Br)c1. The van der Waals surface area contributed by atoms with Crippen LogP contribution in [-0.4, -0.2) is 0 Å². The maximum absolute atomic E-state index is 13.5. The molecule has 0 spiro atoms. The summed E-state index contributed by atoms with van der Waals surface area (Å²) in [6, 6.07) is 5.34. The van der Waals surface area contributed by atoms with Gasteiger partial charge in [0.05, 0.1) is 5.69 Å². The lowest BCUT2D eigenvalue weighted by atomic mass is 10.1. The molecule has 0 aliphatic heterocycles. The molecule has 0 saturated carbocycles. The van der Waals surface area contributed by atoms with E-state index in [1.165, 1.54) is 0 Å². The van der Waals surface area contributed by atoms with Crippen LogP contribution < -0.4 is 5.32 Å². The average molecular weight is 344 g/mol. The molecule has 0 unspecified atom stereocenters. The van der Waals surface area contributed by atoms with Gasteiger partial charge in [-0.1, -0.05) is 6.07 Å². The molecule has 2 aromatic carbocycles. The Morgan fingerprint density at radius 3 is 2.25 bits per heavy atom. The predicted molar refractivity (Wildman–Crippen MR) is 77.3 cm³/mol. The van der Waals surface area contributed by atoms with Crippen LogP contribution in [0.4, 0.5) is 18.9 Å². The molecule has 5 heteroatoms. The van der Waals surface area contributed by atoms with E-state index in [1.54, 1.807) is 0 Å².